The minimum Gasteiger partial charge on any atom is -0.313 e. The zero-order valence-corrected chi connectivity index (χ0v) is 12.6. The quantitative estimate of drug-likeness (QED) is 0.878. The zero-order chi connectivity index (χ0) is 16.1. The number of amides is 3. The van der Waals surface area contributed by atoms with E-state index in [4.69, 9.17) is 0 Å². The second-order valence-corrected chi connectivity index (χ2v) is 5.26. The first-order valence-electron chi connectivity index (χ1n) is 7.53. The second-order valence-electron chi connectivity index (χ2n) is 5.26. The van der Waals surface area contributed by atoms with Gasteiger partial charge in [0.25, 0.3) is 0 Å². The van der Waals surface area contributed by atoms with E-state index >= 15 is 0 Å². The van der Waals surface area contributed by atoms with E-state index in [9.17, 15) is 9.59 Å². The van der Waals surface area contributed by atoms with Crippen LogP contribution in [0, 0.1) is 0 Å². The molecule has 23 heavy (non-hydrogen) atoms. The molecule has 0 bridgehead atoms. The zero-order valence-electron chi connectivity index (χ0n) is 12.6. The van der Waals surface area contributed by atoms with Crippen LogP contribution < -0.4 is 10.2 Å². The van der Waals surface area contributed by atoms with Gasteiger partial charge in [-0.1, -0.05) is 24.3 Å². The Bertz CT molecular complexity index is 663. The van der Waals surface area contributed by atoms with Crippen molar-refractivity contribution < 1.29 is 9.59 Å². The van der Waals surface area contributed by atoms with E-state index < -0.39 is 0 Å². The Morgan fingerprint density at radius 2 is 2.00 bits per heavy atom. The van der Waals surface area contributed by atoms with Crippen LogP contribution in [0.2, 0.25) is 0 Å². The van der Waals surface area contributed by atoms with Crippen molar-refractivity contribution >= 4 is 18.1 Å². The summed E-state index contributed by atoms with van der Waals surface area (Å²) in [4.78, 5) is 31.5. The summed E-state index contributed by atoms with van der Waals surface area (Å²) in [6, 6.07) is 14.0. The van der Waals surface area contributed by atoms with Crippen molar-refractivity contribution in [1.82, 2.24) is 15.2 Å². The number of anilines is 1. The van der Waals surface area contributed by atoms with Crippen LogP contribution in [0.5, 0.6) is 0 Å². The van der Waals surface area contributed by atoms with E-state index in [1.807, 2.05) is 24.3 Å². The molecule has 1 fully saturated rings. The number of urea groups is 1. The molecule has 1 saturated heterocycles. The lowest BCUT2D eigenvalue weighted by Crippen LogP contribution is -2.53. The number of pyridine rings is 1. The maximum absolute atomic E-state index is 12.9. The molecule has 1 aromatic carbocycles. The van der Waals surface area contributed by atoms with E-state index in [2.05, 4.69) is 10.3 Å². The highest BCUT2D eigenvalue weighted by Gasteiger charge is 2.32. The number of carbonyl (C=O) groups is 2. The van der Waals surface area contributed by atoms with Crippen LogP contribution in [0.3, 0.4) is 0 Å². The molecule has 2 heterocycles. The maximum atomic E-state index is 12.9. The molecule has 1 unspecified atom stereocenters. The van der Waals surface area contributed by atoms with Crippen LogP contribution in [0.15, 0.2) is 54.7 Å². The Labute approximate surface area is 134 Å². The van der Waals surface area contributed by atoms with Gasteiger partial charge in [0, 0.05) is 25.8 Å². The van der Waals surface area contributed by atoms with Gasteiger partial charge in [-0.25, -0.2) is 9.69 Å². The molecule has 2 aromatic rings. The fraction of sp³-hybridized carbons (Fsp3) is 0.235. The number of para-hydroxylation sites is 1. The number of hydrogen-bond acceptors (Lipinski definition) is 4. The lowest BCUT2D eigenvalue weighted by Gasteiger charge is -2.37. The Balaban J connectivity index is 1.88. The molecule has 3 amide bonds. The smallest absolute Gasteiger partial charge is 0.313 e. The molecule has 0 radical (unpaired) electrons. The van der Waals surface area contributed by atoms with Crippen molar-refractivity contribution in [3.05, 3.63) is 60.4 Å². The number of nitrogens with one attached hydrogen (secondary N) is 1. The first-order chi connectivity index (χ1) is 11.3. The number of hydrogen-bond donors (Lipinski definition) is 1. The van der Waals surface area contributed by atoms with Crippen LogP contribution in [0.25, 0.3) is 0 Å². The molecular weight excluding hydrogens is 292 g/mol. The lowest BCUT2D eigenvalue weighted by molar-refractivity contribution is -0.107. The Morgan fingerprint density at radius 1 is 1.22 bits per heavy atom. The molecule has 3 rings (SSSR count). The van der Waals surface area contributed by atoms with E-state index in [0.29, 0.717) is 31.7 Å². The first kappa shape index (κ1) is 15.2. The van der Waals surface area contributed by atoms with Crippen molar-refractivity contribution in [3.8, 4) is 0 Å². The third-order valence-electron chi connectivity index (χ3n) is 3.86. The number of aromatic nitrogens is 1. The van der Waals surface area contributed by atoms with Crippen molar-refractivity contribution in [2.45, 2.75) is 6.04 Å². The number of benzene rings is 1. The van der Waals surface area contributed by atoms with E-state index in [0.717, 1.165) is 10.6 Å². The summed E-state index contributed by atoms with van der Waals surface area (Å²) in [5.74, 6) is 0. The average molecular weight is 310 g/mol. The third-order valence-corrected chi connectivity index (χ3v) is 3.86. The van der Waals surface area contributed by atoms with E-state index in [1.165, 1.54) is 0 Å². The monoisotopic (exact) mass is 310 g/mol. The van der Waals surface area contributed by atoms with Crippen LogP contribution in [0.4, 0.5) is 10.5 Å². The number of piperazine rings is 1. The molecule has 118 valence electrons. The topological polar surface area (TPSA) is 65.5 Å². The van der Waals surface area contributed by atoms with Gasteiger partial charge in [0.2, 0.25) is 6.41 Å². The van der Waals surface area contributed by atoms with Crippen LogP contribution in [0.1, 0.15) is 11.7 Å². The summed E-state index contributed by atoms with van der Waals surface area (Å²) in [5.41, 5.74) is 1.37. The largest absolute Gasteiger partial charge is 0.331 e. The number of carbonyl (C=O) groups excluding carboxylic acids is 2. The molecule has 1 aliphatic heterocycles. The molecule has 1 N–H and O–H groups in total. The predicted octanol–water partition coefficient (Wildman–Crippen LogP) is 1.81. The lowest BCUT2D eigenvalue weighted by atomic mass is 10.1. The molecule has 6 nitrogen and oxygen atoms in total. The molecule has 0 saturated carbocycles. The van der Waals surface area contributed by atoms with Crippen molar-refractivity contribution in [3.63, 3.8) is 0 Å². The summed E-state index contributed by atoms with van der Waals surface area (Å²) >= 11 is 0. The standard InChI is InChI=1S/C17H18N4O2/c22-13-21(14-6-2-1-3-7-14)17(23)20-11-10-18-12-16(20)15-8-4-5-9-19-15/h1-9,13,16,18H,10-12H2. The van der Waals surface area contributed by atoms with Gasteiger partial charge in [0.1, 0.15) is 0 Å². The molecule has 1 aromatic heterocycles. The van der Waals surface area contributed by atoms with Gasteiger partial charge in [0.05, 0.1) is 17.4 Å². The summed E-state index contributed by atoms with van der Waals surface area (Å²) in [6.45, 7) is 1.83. The van der Waals surface area contributed by atoms with Crippen molar-refractivity contribution in [2.75, 3.05) is 24.5 Å². The van der Waals surface area contributed by atoms with Crippen LogP contribution >= 0.6 is 0 Å². The number of nitrogens with zero attached hydrogens (tertiary/aromatic N) is 3. The summed E-state index contributed by atoms with van der Waals surface area (Å²) in [5, 5.41) is 3.27. The predicted molar refractivity (Wildman–Crippen MR) is 86.9 cm³/mol. The highest BCUT2D eigenvalue weighted by atomic mass is 16.2. The molecule has 0 aliphatic carbocycles. The number of imide groups is 1. The second kappa shape index (κ2) is 7.02. The highest BCUT2D eigenvalue weighted by Crippen LogP contribution is 2.23. The minimum absolute atomic E-state index is 0.191. The van der Waals surface area contributed by atoms with Crippen LogP contribution in [-0.4, -0.2) is 42.0 Å². The Morgan fingerprint density at radius 3 is 2.70 bits per heavy atom. The van der Waals surface area contributed by atoms with Gasteiger partial charge in [0.15, 0.2) is 0 Å². The first-order valence-corrected chi connectivity index (χ1v) is 7.53. The van der Waals surface area contributed by atoms with Crippen molar-refractivity contribution in [2.24, 2.45) is 0 Å². The molecule has 1 aliphatic rings. The summed E-state index contributed by atoms with van der Waals surface area (Å²) in [6.07, 6.45) is 2.27. The molecule has 6 heteroatoms. The Hall–Kier alpha value is -2.73. The molecule has 0 spiro atoms. The fourth-order valence-corrected chi connectivity index (χ4v) is 2.71. The van der Waals surface area contributed by atoms with Gasteiger partial charge >= 0.3 is 6.03 Å². The van der Waals surface area contributed by atoms with Crippen molar-refractivity contribution in [1.29, 1.82) is 0 Å². The minimum atomic E-state index is -0.330. The Kier molecular flexibility index (Phi) is 4.63. The SMILES string of the molecule is O=CN(C(=O)N1CCNCC1c1ccccn1)c1ccccc1. The summed E-state index contributed by atoms with van der Waals surface area (Å²) < 4.78 is 0. The average Bonchev–Trinajstić information content (AvgIpc) is 2.64. The van der Waals surface area contributed by atoms with Crippen LogP contribution in [-0.2, 0) is 4.79 Å². The normalized spacial score (nSPS) is 17.6. The van der Waals surface area contributed by atoms with Gasteiger partial charge < -0.3 is 10.2 Å². The fourth-order valence-electron chi connectivity index (χ4n) is 2.71. The molecule has 1 atom stereocenters. The van der Waals surface area contributed by atoms with E-state index in [-0.39, 0.29) is 12.1 Å². The maximum Gasteiger partial charge on any atom is 0.331 e. The van der Waals surface area contributed by atoms with E-state index in [1.54, 1.807) is 35.4 Å². The van der Waals surface area contributed by atoms with Gasteiger partial charge in [-0.2, -0.15) is 0 Å². The third kappa shape index (κ3) is 3.22. The van der Waals surface area contributed by atoms with Gasteiger partial charge in [-0.15, -0.1) is 0 Å². The summed E-state index contributed by atoms with van der Waals surface area (Å²) in [7, 11) is 0. The molecular formula is C17H18N4O2. The highest BCUT2D eigenvalue weighted by molar-refractivity contribution is 6.06. The number of rotatable bonds is 3. The van der Waals surface area contributed by atoms with Gasteiger partial charge in [-0.3, -0.25) is 9.78 Å². The van der Waals surface area contributed by atoms with Gasteiger partial charge in [-0.05, 0) is 24.3 Å².